The zero-order chi connectivity index (χ0) is 26.9. The Morgan fingerprint density at radius 2 is 1.65 bits per heavy atom. The van der Waals surface area contributed by atoms with E-state index >= 15 is 0 Å². The molecule has 3 aromatic rings. The van der Waals surface area contributed by atoms with Crippen LogP contribution >= 0.6 is 0 Å². The highest BCUT2D eigenvalue weighted by atomic mass is 16.5. The van der Waals surface area contributed by atoms with Crippen molar-refractivity contribution in [3.05, 3.63) is 100 Å². The summed E-state index contributed by atoms with van der Waals surface area (Å²) in [6.45, 7) is 7.26. The Balaban J connectivity index is 1.94. The fourth-order valence-electron chi connectivity index (χ4n) is 4.47. The van der Waals surface area contributed by atoms with Gasteiger partial charge in [-0.2, -0.15) is 0 Å². The molecule has 37 heavy (non-hydrogen) atoms. The number of nitrogens with zero attached hydrogens (tertiary/aromatic N) is 1. The summed E-state index contributed by atoms with van der Waals surface area (Å²) in [7, 11) is 1.47. The normalized spacial score (nSPS) is 16.8. The quantitative estimate of drug-likeness (QED) is 0.208. The minimum absolute atomic E-state index is 0.0605. The second-order valence-electron chi connectivity index (χ2n) is 9.29. The lowest BCUT2D eigenvalue weighted by molar-refractivity contribution is -0.132. The van der Waals surface area contributed by atoms with Gasteiger partial charge < -0.3 is 14.6 Å². The van der Waals surface area contributed by atoms with Crippen LogP contribution in [0.15, 0.2) is 72.3 Å². The number of benzene rings is 3. The summed E-state index contributed by atoms with van der Waals surface area (Å²) in [5, 5.41) is 11.5. The number of aliphatic hydroxyl groups excluding tert-OH is 1. The highest BCUT2D eigenvalue weighted by Gasteiger charge is 2.47. The number of amides is 1. The van der Waals surface area contributed by atoms with E-state index in [1.807, 2.05) is 38.1 Å². The Morgan fingerprint density at radius 3 is 2.32 bits per heavy atom. The van der Waals surface area contributed by atoms with Gasteiger partial charge in [-0.05, 0) is 63.6 Å². The van der Waals surface area contributed by atoms with Crippen LogP contribution in [0.1, 0.15) is 52.5 Å². The fraction of sp³-hybridized carbons (Fsp3) is 0.233. The third-order valence-corrected chi connectivity index (χ3v) is 6.12. The number of anilines is 1. The van der Waals surface area contributed by atoms with Crippen LogP contribution in [0.25, 0.3) is 5.76 Å². The molecule has 1 aliphatic rings. The molecule has 1 N–H and O–H groups in total. The van der Waals surface area contributed by atoms with Crippen molar-refractivity contribution in [2.75, 3.05) is 12.0 Å². The van der Waals surface area contributed by atoms with Gasteiger partial charge in [-0.25, -0.2) is 4.79 Å². The van der Waals surface area contributed by atoms with Gasteiger partial charge in [-0.1, -0.05) is 47.5 Å². The predicted octanol–water partition coefficient (Wildman–Crippen LogP) is 5.50. The lowest BCUT2D eigenvalue weighted by atomic mass is 9.93. The first-order valence-electron chi connectivity index (χ1n) is 12.0. The largest absolute Gasteiger partial charge is 0.507 e. The monoisotopic (exact) mass is 499 g/mol. The van der Waals surface area contributed by atoms with Gasteiger partial charge in [0, 0.05) is 5.69 Å². The molecule has 0 aromatic heterocycles. The Bertz CT molecular complexity index is 1420. The number of hydrogen-bond acceptors (Lipinski definition) is 6. The number of carbonyl (C=O) groups excluding carboxylic acids is 3. The van der Waals surface area contributed by atoms with E-state index in [9.17, 15) is 19.5 Å². The molecule has 1 amide bonds. The van der Waals surface area contributed by atoms with E-state index in [4.69, 9.17) is 9.47 Å². The van der Waals surface area contributed by atoms with Crippen LogP contribution in [0.5, 0.6) is 5.75 Å². The summed E-state index contributed by atoms with van der Waals surface area (Å²) in [6.07, 6.45) is -0.318. The summed E-state index contributed by atoms with van der Waals surface area (Å²) in [4.78, 5) is 40.8. The van der Waals surface area contributed by atoms with Crippen molar-refractivity contribution in [1.29, 1.82) is 0 Å². The first-order valence-corrected chi connectivity index (χ1v) is 12.0. The molecular formula is C30H29NO6. The van der Waals surface area contributed by atoms with Gasteiger partial charge in [0.1, 0.15) is 11.5 Å². The lowest BCUT2D eigenvalue weighted by Gasteiger charge is -2.26. The molecule has 1 atom stereocenters. The van der Waals surface area contributed by atoms with Crippen LogP contribution < -0.4 is 9.64 Å². The Labute approximate surface area is 215 Å². The number of methoxy groups -OCH3 is 1. The van der Waals surface area contributed by atoms with E-state index in [0.717, 1.165) is 11.1 Å². The van der Waals surface area contributed by atoms with Crippen LogP contribution in [0.4, 0.5) is 5.69 Å². The van der Waals surface area contributed by atoms with Crippen molar-refractivity contribution in [3.63, 3.8) is 0 Å². The van der Waals surface area contributed by atoms with Crippen molar-refractivity contribution >= 4 is 29.1 Å². The first kappa shape index (κ1) is 25.7. The van der Waals surface area contributed by atoms with Gasteiger partial charge in [-0.15, -0.1) is 0 Å². The molecule has 0 radical (unpaired) electrons. The SMILES string of the molecule is COc1ccc(C)cc1/C(O)=C1\C(=O)C(=O)N(c2cccc(C(=O)OC(C)C)c2)C1c1cccc(C)c1. The van der Waals surface area contributed by atoms with Gasteiger partial charge in [0.25, 0.3) is 11.7 Å². The van der Waals surface area contributed by atoms with Crippen molar-refractivity contribution < 1.29 is 29.0 Å². The molecule has 1 saturated heterocycles. The van der Waals surface area contributed by atoms with E-state index in [0.29, 0.717) is 22.6 Å². The van der Waals surface area contributed by atoms with Crippen LogP contribution in [-0.4, -0.2) is 36.0 Å². The minimum atomic E-state index is -0.929. The maximum atomic E-state index is 13.5. The van der Waals surface area contributed by atoms with Crippen molar-refractivity contribution in [1.82, 2.24) is 0 Å². The molecule has 3 aromatic carbocycles. The maximum absolute atomic E-state index is 13.5. The second kappa shape index (κ2) is 10.3. The molecule has 1 fully saturated rings. The topological polar surface area (TPSA) is 93.1 Å². The first-order chi connectivity index (χ1) is 17.6. The smallest absolute Gasteiger partial charge is 0.338 e. The zero-order valence-corrected chi connectivity index (χ0v) is 21.4. The zero-order valence-electron chi connectivity index (χ0n) is 21.4. The number of aryl methyl sites for hydroxylation is 2. The van der Waals surface area contributed by atoms with E-state index in [-0.39, 0.29) is 23.0 Å². The number of ketones is 1. The molecule has 0 spiro atoms. The molecule has 1 heterocycles. The molecule has 0 saturated carbocycles. The van der Waals surface area contributed by atoms with Gasteiger partial charge in [0.15, 0.2) is 0 Å². The highest BCUT2D eigenvalue weighted by Crippen LogP contribution is 2.43. The Morgan fingerprint density at radius 1 is 0.946 bits per heavy atom. The lowest BCUT2D eigenvalue weighted by Crippen LogP contribution is -2.29. The number of rotatable bonds is 6. The summed E-state index contributed by atoms with van der Waals surface area (Å²) in [6, 6.07) is 18.1. The molecular weight excluding hydrogens is 470 g/mol. The Hall–Kier alpha value is -4.39. The molecule has 1 unspecified atom stereocenters. The molecule has 7 heteroatoms. The Kier molecular flexibility index (Phi) is 7.16. The highest BCUT2D eigenvalue weighted by molar-refractivity contribution is 6.51. The fourth-order valence-corrected chi connectivity index (χ4v) is 4.47. The van der Waals surface area contributed by atoms with Crippen molar-refractivity contribution in [3.8, 4) is 5.75 Å². The summed E-state index contributed by atoms with van der Waals surface area (Å²) in [5.41, 5.74) is 3.24. The van der Waals surface area contributed by atoms with Gasteiger partial charge in [0.05, 0.1) is 36.0 Å². The molecule has 0 bridgehead atoms. The average Bonchev–Trinajstić information content (AvgIpc) is 3.13. The van der Waals surface area contributed by atoms with E-state index in [1.54, 1.807) is 50.2 Å². The summed E-state index contributed by atoms with van der Waals surface area (Å²) < 4.78 is 10.7. The number of esters is 1. The van der Waals surface area contributed by atoms with Crippen LogP contribution in [0, 0.1) is 13.8 Å². The molecule has 4 rings (SSSR count). The predicted molar refractivity (Wildman–Crippen MR) is 141 cm³/mol. The molecule has 0 aliphatic carbocycles. The maximum Gasteiger partial charge on any atom is 0.338 e. The van der Waals surface area contributed by atoms with Crippen molar-refractivity contribution in [2.45, 2.75) is 39.8 Å². The molecule has 7 nitrogen and oxygen atoms in total. The molecule has 1 aliphatic heterocycles. The summed E-state index contributed by atoms with van der Waals surface area (Å²) in [5.74, 6) is -2.14. The number of ether oxygens (including phenoxy) is 2. The van der Waals surface area contributed by atoms with Crippen LogP contribution in [-0.2, 0) is 14.3 Å². The number of Topliss-reactive ketones (excluding diaryl/α,β-unsaturated/α-hetero) is 1. The third kappa shape index (κ3) is 4.98. The van der Waals surface area contributed by atoms with Gasteiger partial charge >= 0.3 is 5.97 Å². The molecule has 190 valence electrons. The van der Waals surface area contributed by atoms with E-state index < -0.39 is 23.7 Å². The van der Waals surface area contributed by atoms with Gasteiger partial charge in [0.2, 0.25) is 0 Å². The number of carbonyl (C=O) groups is 3. The van der Waals surface area contributed by atoms with E-state index in [1.165, 1.54) is 18.1 Å². The van der Waals surface area contributed by atoms with Crippen LogP contribution in [0.2, 0.25) is 0 Å². The van der Waals surface area contributed by atoms with Crippen LogP contribution in [0.3, 0.4) is 0 Å². The summed E-state index contributed by atoms with van der Waals surface area (Å²) >= 11 is 0. The standard InChI is InChI=1S/C30H29NO6/c1-17(2)37-30(35)21-10-7-11-22(16-21)31-26(20-9-6-8-18(3)14-20)25(28(33)29(31)34)27(32)23-15-19(4)12-13-24(23)36-5/h6-17,26,32H,1-5H3/b27-25+. The average molecular weight is 500 g/mol. The number of hydrogen-bond donors (Lipinski definition) is 1. The van der Waals surface area contributed by atoms with Gasteiger partial charge in [-0.3, -0.25) is 14.5 Å². The number of aliphatic hydroxyl groups is 1. The van der Waals surface area contributed by atoms with E-state index in [2.05, 4.69) is 0 Å². The minimum Gasteiger partial charge on any atom is -0.507 e. The third-order valence-electron chi connectivity index (χ3n) is 6.12. The second-order valence-corrected chi connectivity index (χ2v) is 9.29. The van der Waals surface area contributed by atoms with Crippen molar-refractivity contribution in [2.24, 2.45) is 0 Å².